The first-order chi connectivity index (χ1) is 8.45. The Labute approximate surface area is 112 Å². The van der Waals surface area contributed by atoms with Gasteiger partial charge in [0.15, 0.2) is 0 Å². The van der Waals surface area contributed by atoms with Gasteiger partial charge in [-0.25, -0.2) is 0 Å². The molecule has 0 unspecified atom stereocenters. The van der Waals surface area contributed by atoms with Crippen LogP contribution >= 0.6 is 11.8 Å². The summed E-state index contributed by atoms with van der Waals surface area (Å²) in [6.45, 7) is 1.25. The molecule has 0 amide bonds. The standard InChI is InChI=1S/C15H29NS/c1-2-9-15(10-3-1)16-11-6-12-17-13-14-7-4-5-8-14/h14-16H,1-13H2. The molecule has 0 radical (unpaired) electrons. The van der Waals surface area contributed by atoms with Crippen LogP contribution in [0.5, 0.6) is 0 Å². The fourth-order valence-electron chi connectivity index (χ4n) is 3.21. The predicted molar refractivity (Wildman–Crippen MR) is 78.8 cm³/mol. The Bertz CT molecular complexity index is 183. The maximum absolute atomic E-state index is 3.74. The average Bonchev–Trinajstić information content (AvgIpc) is 2.88. The third-order valence-corrected chi connectivity index (χ3v) is 5.62. The molecule has 100 valence electrons. The molecule has 0 aromatic rings. The van der Waals surface area contributed by atoms with E-state index in [4.69, 9.17) is 0 Å². The minimum absolute atomic E-state index is 0.851. The summed E-state index contributed by atoms with van der Waals surface area (Å²) in [7, 11) is 0. The normalized spacial score (nSPS) is 23.3. The van der Waals surface area contributed by atoms with Gasteiger partial charge in [0.2, 0.25) is 0 Å². The summed E-state index contributed by atoms with van der Waals surface area (Å²) < 4.78 is 0. The topological polar surface area (TPSA) is 12.0 Å². The van der Waals surface area contributed by atoms with Crippen LogP contribution < -0.4 is 5.32 Å². The van der Waals surface area contributed by atoms with Crippen LogP contribution in [0.4, 0.5) is 0 Å². The minimum atomic E-state index is 0.851. The molecule has 0 heterocycles. The SMILES string of the molecule is C1CCC(NCCCSCC2CCCC2)CC1. The van der Waals surface area contributed by atoms with Gasteiger partial charge in [-0.2, -0.15) is 11.8 Å². The Balaban J connectivity index is 1.38. The Morgan fingerprint density at radius 1 is 0.882 bits per heavy atom. The lowest BCUT2D eigenvalue weighted by Gasteiger charge is -2.22. The molecule has 0 bridgehead atoms. The van der Waals surface area contributed by atoms with E-state index >= 15 is 0 Å². The summed E-state index contributed by atoms with van der Waals surface area (Å²) >= 11 is 2.20. The summed E-state index contributed by atoms with van der Waals surface area (Å²) in [6.07, 6.45) is 14.6. The second-order valence-corrected chi connectivity index (χ2v) is 7.02. The van der Waals surface area contributed by atoms with Gasteiger partial charge in [0, 0.05) is 6.04 Å². The van der Waals surface area contributed by atoms with E-state index in [1.165, 1.54) is 82.3 Å². The van der Waals surface area contributed by atoms with Crippen LogP contribution in [0.15, 0.2) is 0 Å². The number of nitrogens with one attached hydrogen (secondary N) is 1. The molecule has 2 heteroatoms. The molecule has 1 nitrogen and oxygen atoms in total. The summed E-state index contributed by atoms with van der Waals surface area (Å²) in [4.78, 5) is 0. The quantitative estimate of drug-likeness (QED) is 0.684. The lowest BCUT2D eigenvalue weighted by atomic mass is 9.95. The van der Waals surface area contributed by atoms with Crippen molar-refractivity contribution in [2.24, 2.45) is 5.92 Å². The van der Waals surface area contributed by atoms with Crippen LogP contribution in [-0.2, 0) is 0 Å². The zero-order valence-corrected chi connectivity index (χ0v) is 12.1. The molecule has 2 aliphatic carbocycles. The van der Waals surface area contributed by atoms with Gasteiger partial charge >= 0.3 is 0 Å². The molecule has 0 spiro atoms. The first-order valence-electron chi connectivity index (χ1n) is 7.76. The zero-order valence-electron chi connectivity index (χ0n) is 11.3. The summed E-state index contributed by atoms with van der Waals surface area (Å²) in [5.74, 6) is 3.87. The molecule has 0 atom stereocenters. The van der Waals surface area contributed by atoms with Gasteiger partial charge in [0.25, 0.3) is 0 Å². The summed E-state index contributed by atoms with van der Waals surface area (Å²) in [5.41, 5.74) is 0. The van der Waals surface area contributed by atoms with Crippen LogP contribution in [0.25, 0.3) is 0 Å². The lowest BCUT2D eigenvalue weighted by Crippen LogP contribution is -2.31. The molecule has 2 fully saturated rings. The van der Waals surface area contributed by atoms with E-state index in [9.17, 15) is 0 Å². The van der Waals surface area contributed by atoms with Crippen molar-refractivity contribution in [3.8, 4) is 0 Å². The highest BCUT2D eigenvalue weighted by Crippen LogP contribution is 2.27. The van der Waals surface area contributed by atoms with E-state index in [1.807, 2.05) is 0 Å². The minimum Gasteiger partial charge on any atom is -0.314 e. The predicted octanol–water partition coefficient (Wildman–Crippen LogP) is 4.22. The monoisotopic (exact) mass is 255 g/mol. The molecule has 17 heavy (non-hydrogen) atoms. The van der Waals surface area contributed by atoms with Gasteiger partial charge in [-0.05, 0) is 56.1 Å². The van der Waals surface area contributed by atoms with Crippen LogP contribution in [0.1, 0.15) is 64.2 Å². The smallest absolute Gasteiger partial charge is 0.00670 e. The molecule has 2 aliphatic rings. The molecule has 0 saturated heterocycles. The van der Waals surface area contributed by atoms with Crippen molar-refractivity contribution in [3.05, 3.63) is 0 Å². The maximum atomic E-state index is 3.74. The van der Waals surface area contributed by atoms with E-state index in [0.29, 0.717) is 0 Å². The Morgan fingerprint density at radius 3 is 2.35 bits per heavy atom. The molecule has 1 N–H and O–H groups in total. The van der Waals surface area contributed by atoms with Crippen molar-refractivity contribution in [1.29, 1.82) is 0 Å². The van der Waals surface area contributed by atoms with E-state index in [1.54, 1.807) is 0 Å². The first kappa shape index (κ1) is 13.7. The average molecular weight is 255 g/mol. The second-order valence-electron chi connectivity index (χ2n) is 5.87. The van der Waals surface area contributed by atoms with Crippen molar-refractivity contribution in [2.75, 3.05) is 18.1 Å². The van der Waals surface area contributed by atoms with E-state index in [0.717, 1.165) is 12.0 Å². The Kier molecular flexibility index (Phi) is 6.80. The number of hydrogen-bond acceptors (Lipinski definition) is 2. The van der Waals surface area contributed by atoms with Crippen LogP contribution in [0.2, 0.25) is 0 Å². The molecule has 0 aliphatic heterocycles. The van der Waals surface area contributed by atoms with E-state index in [-0.39, 0.29) is 0 Å². The van der Waals surface area contributed by atoms with Gasteiger partial charge in [0.1, 0.15) is 0 Å². The highest BCUT2D eigenvalue weighted by atomic mass is 32.2. The summed E-state index contributed by atoms with van der Waals surface area (Å²) in [5, 5.41) is 3.74. The number of rotatable bonds is 7. The van der Waals surface area contributed by atoms with E-state index < -0.39 is 0 Å². The van der Waals surface area contributed by atoms with Crippen LogP contribution in [-0.4, -0.2) is 24.1 Å². The van der Waals surface area contributed by atoms with Crippen molar-refractivity contribution < 1.29 is 0 Å². The highest BCUT2D eigenvalue weighted by molar-refractivity contribution is 7.99. The van der Waals surface area contributed by atoms with Gasteiger partial charge in [-0.3, -0.25) is 0 Å². The maximum Gasteiger partial charge on any atom is 0.00670 e. The fourth-order valence-corrected chi connectivity index (χ4v) is 4.40. The molecular formula is C15H29NS. The lowest BCUT2D eigenvalue weighted by molar-refractivity contribution is 0.375. The number of hydrogen-bond donors (Lipinski definition) is 1. The fraction of sp³-hybridized carbons (Fsp3) is 1.00. The molecule has 0 aromatic carbocycles. The van der Waals surface area contributed by atoms with Crippen molar-refractivity contribution in [3.63, 3.8) is 0 Å². The molecular weight excluding hydrogens is 226 g/mol. The first-order valence-corrected chi connectivity index (χ1v) is 8.92. The van der Waals surface area contributed by atoms with Gasteiger partial charge < -0.3 is 5.32 Å². The highest BCUT2D eigenvalue weighted by Gasteiger charge is 2.14. The summed E-state index contributed by atoms with van der Waals surface area (Å²) in [6, 6.07) is 0.851. The van der Waals surface area contributed by atoms with Gasteiger partial charge in [-0.1, -0.05) is 32.1 Å². The molecule has 2 saturated carbocycles. The largest absolute Gasteiger partial charge is 0.314 e. The molecule has 2 rings (SSSR count). The zero-order chi connectivity index (χ0) is 11.8. The van der Waals surface area contributed by atoms with Crippen LogP contribution in [0.3, 0.4) is 0 Å². The Hall–Kier alpha value is 0.310. The van der Waals surface area contributed by atoms with Gasteiger partial charge in [-0.15, -0.1) is 0 Å². The Morgan fingerprint density at radius 2 is 1.59 bits per heavy atom. The third-order valence-electron chi connectivity index (χ3n) is 4.33. The van der Waals surface area contributed by atoms with Crippen molar-refractivity contribution >= 4 is 11.8 Å². The second kappa shape index (κ2) is 8.42. The molecule has 0 aromatic heterocycles. The number of thioether (sulfide) groups is 1. The van der Waals surface area contributed by atoms with Crippen molar-refractivity contribution in [2.45, 2.75) is 70.3 Å². The van der Waals surface area contributed by atoms with Crippen LogP contribution in [0, 0.1) is 5.92 Å². The van der Waals surface area contributed by atoms with E-state index in [2.05, 4.69) is 17.1 Å². The van der Waals surface area contributed by atoms with Gasteiger partial charge in [0.05, 0.1) is 0 Å². The van der Waals surface area contributed by atoms with Crippen molar-refractivity contribution in [1.82, 2.24) is 5.32 Å². The third kappa shape index (κ3) is 5.65.